The zero-order chi connectivity index (χ0) is 30.1. The van der Waals surface area contributed by atoms with E-state index < -0.39 is 0 Å². The zero-order valence-electron chi connectivity index (χ0n) is 25.9. The molecule has 2 aromatic carbocycles. The lowest BCUT2D eigenvalue weighted by molar-refractivity contribution is 0.261. The molecule has 2 aromatic heterocycles. The van der Waals surface area contributed by atoms with Crippen molar-refractivity contribution in [1.82, 2.24) is 41.0 Å². The normalized spacial score (nSPS) is 17.5. The summed E-state index contributed by atoms with van der Waals surface area (Å²) < 4.78 is 0. The number of hydrogen-bond acceptors (Lipinski definition) is 8. The molecule has 8 nitrogen and oxygen atoms in total. The summed E-state index contributed by atoms with van der Waals surface area (Å²) in [5.74, 6) is 0. The van der Waals surface area contributed by atoms with Crippen molar-refractivity contribution in [3.05, 3.63) is 131 Å². The van der Waals surface area contributed by atoms with Gasteiger partial charge >= 0.3 is 0 Å². The predicted octanol–water partition coefficient (Wildman–Crippen LogP) is 3.55. The molecule has 1 aliphatic rings. The Morgan fingerprint density at radius 1 is 0.455 bits per heavy atom. The van der Waals surface area contributed by atoms with Crippen molar-refractivity contribution < 1.29 is 0 Å². The molecule has 0 radical (unpaired) electrons. The van der Waals surface area contributed by atoms with Crippen molar-refractivity contribution in [2.75, 3.05) is 52.4 Å². The Kier molecular flexibility index (Phi) is 13.3. The van der Waals surface area contributed by atoms with Crippen LogP contribution in [0.15, 0.2) is 97.3 Å². The lowest BCUT2D eigenvalue weighted by atomic mass is 10.1. The first-order chi connectivity index (χ1) is 21.8. The molecule has 0 aliphatic carbocycles. The molecule has 0 spiro atoms. The highest BCUT2D eigenvalue weighted by Gasteiger charge is 2.09. The van der Waals surface area contributed by atoms with Gasteiger partial charge in [0.25, 0.3) is 0 Å². The molecule has 5 rings (SSSR count). The summed E-state index contributed by atoms with van der Waals surface area (Å²) >= 11 is 0. The number of nitrogens with zero attached hydrogens (tertiary/aromatic N) is 4. The standard InChI is InChI=1S/C36H48N8/c1-3-13-41-35(11-1)29-43-19-15-37-25-31-7-5-9-33(23-31)27-39-17-21-44(30-36-12-2-4-14-42-36)22-18-40-28-34-10-6-8-32(24-34)26-38-16-20-43/h1-14,23-24,37-40H,15-22,25-30H2. The van der Waals surface area contributed by atoms with Gasteiger partial charge in [0.15, 0.2) is 0 Å². The van der Waals surface area contributed by atoms with E-state index in [0.717, 1.165) is 103 Å². The number of rotatable bonds is 4. The van der Waals surface area contributed by atoms with Crippen LogP contribution in [0.3, 0.4) is 0 Å². The van der Waals surface area contributed by atoms with Gasteiger partial charge in [0.05, 0.1) is 11.4 Å². The fraction of sp³-hybridized carbons (Fsp3) is 0.389. The monoisotopic (exact) mass is 592 g/mol. The fourth-order valence-corrected chi connectivity index (χ4v) is 5.56. The molecule has 4 aromatic rings. The van der Waals surface area contributed by atoms with Gasteiger partial charge in [0.2, 0.25) is 0 Å². The zero-order valence-corrected chi connectivity index (χ0v) is 25.9. The molecule has 0 amide bonds. The second-order valence-corrected chi connectivity index (χ2v) is 11.5. The van der Waals surface area contributed by atoms with Gasteiger partial charge in [-0.15, -0.1) is 0 Å². The van der Waals surface area contributed by atoms with Gasteiger partial charge in [-0.3, -0.25) is 19.8 Å². The maximum absolute atomic E-state index is 4.57. The van der Waals surface area contributed by atoms with Gasteiger partial charge in [0, 0.05) is 104 Å². The topological polar surface area (TPSA) is 80.4 Å². The van der Waals surface area contributed by atoms with Crippen LogP contribution in [0.2, 0.25) is 0 Å². The number of nitrogens with one attached hydrogen (secondary N) is 4. The molecule has 0 atom stereocenters. The highest BCUT2D eigenvalue weighted by Crippen LogP contribution is 2.08. The highest BCUT2D eigenvalue weighted by atomic mass is 15.2. The van der Waals surface area contributed by atoms with Gasteiger partial charge in [0.1, 0.15) is 0 Å². The summed E-state index contributed by atoms with van der Waals surface area (Å²) in [4.78, 5) is 14.1. The van der Waals surface area contributed by atoms with Crippen molar-refractivity contribution in [3.8, 4) is 0 Å². The number of benzene rings is 2. The van der Waals surface area contributed by atoms with E-state index in [2.05, 4.69) is 114 Å². The second kappa shape index (κ2) is 18.3. The van der Waals surface area contributed by atoms with Crippen molar-refractivity contribution in [2.24, 2.45) is 0 Å². The predicted molar refractivity (Wildman–Crippen MR) is 179 cm³/mol. The molecular weight excluding hydrogens is 544 g/mol. The third-order valence-corrected chi connectivity index (χ3v) is 7.94. The van der Waals surface area contributed by atoms with Crippen LogP contribution in [0.4, 0.5) is 0 Å². The Morgan fingerprint density at radius 2 is 0.818 bits per heavy atom. The molecular formula is C36H48N8. The van der Waals surface area contributed by atoms with Gasteiger partial charge in [-0.1, -0.05) is 60.7 Å². The van der Waals surface area contributed by atoms with E-state index in [1.807, 2.05) is 24.5 Å². The number of pyridine rings is 2. The molecule has 44 heavy (non-hydrogen) atoms. The Balaban J connectivity index is 1.21. The van der Waals surface area contributed by atoms with Crippen LogP contribution < -0.4 is 21.3 Å². The average molecular weight is 593 g/mol. The molecule has 0 unspecified atom stereocenters. The largest absolute Gasteiger partial charge is 0.311 e. The maximum Gasteiger partial charge on any atom is 0.0543 e. The third kappa shape index (κ3) is 11.5. The van der Waals surface area contributed by atoms with Gasteiger partial charge < -0.3 is 21.3 Å². The number of hydrogen-bond donors (Lipinski definition) is 4. The molecule has 4 bridgehead atoms. The van der Waals surface area contributed by atoms with Crippen molar-refractivity contribution in [1.29, 1.82) is 0 Å². The Hall–Kier alpha value is -3.50. The van der Waals surface area contributed by atoms with Crippen LogP contribution in [-0.2, 0) is 39.3 Å². The van der Waals surface area contributed by atoms with E-state index >= 15 is 0 Å². The molecule has 1 aliphatic heterocycles. The molecule has 3 heterocycles. The van der Waals surface area contributed by atoms with E-state index in [9.17, 15) is 0 Å². The van der Waals surface area contributed by atoms with Crippen LogP contribution in [-0.4, -0.2) is 72.1 Å². The van der Waals surface area contributed by atoms with Crippen LogP contribution in [0.1, 0.15) is 33.6 Å². The SMILES string of the molecule is c1ccc(CN2CCNCc3cccc(c3)CNCCN(Cc3ccccn3)CCNCc3cccc(c3)CNCC2)nc1. The lowest BCUT2D eigenvalue weighted by Gasteiger charge is -2.23. The number of aromatic nitrogens is 2. The summed E-state index contributed by atoms with van der Waals surface area (Å²) in [5.41, 5.74) is 7.51. The molecule has 8 heteroatoms. The molecule has 0 fully saturated rings. The Bertz CT molecular complexity index is 1190. The summed E-state index contributed by atoms with van der Waals surface area (Å²) in [6.45, 7) is 12.7. The fourth-order valence-electron chi connectivity index (χ4n) is 5.56. The maximum atomic E-state index is 4.57. The minimum atomic E-state index is 0.853. The lowest BCUT2D eigenvalue weighted by Crippen LogP contribution is -2.37. The highest BCUT2D eigenvalue weighted by molar-refractivity contribution is 5.24. The first kappa shape index (κ1) is 31.9. The quantitative estimate of drug-likeness (QED) is 0.287. The van der Waals surface area contributed by atoms with Crippen molar-refractivity contribution in [2.45, 2.75) is 39.3 Å². The minimum Gasteiger partial charge on any atom is -0.311 e. The van der Waals surface area contributed by atoms with Crippen molar-refractivity contribution >= 4 is 0 Å². The first-order valence-corrected chi connectivity index (χ1v) is 16.0. The van der Waals surface area contributed by atoms with Gasteiger partial charge in [-0.25, -0.2) is 0 Å². The van der Waals surface area contributed by atoms with Gasteiger partial charge in [-0.2, -0.15) is 0 Å². The Labute approximate surface area is 263 Å². The summed E-state index contributed by atoms with van der Waals surface area (Å²) in [6, 6.07) is 30.2. The smallest absolute Gasteiger partial charge is 0.0543 e. The van der Waals surface area contributed by atoms with Crippen LogP contribution in [0.5, 0.6) is 0 Å². The molecule has 0 saturated carbocycles. The van der Waals surface area contributed by atoms with Crippen LogP contribution in [0.25, 0.3) is 0 Å². The summed E-state index contributed by atoms with van der Waals surface area (Å²) in [5, 5.41) is 14.7. The van der Waals surface area contributed by atoms with E-state index in [0.29, 0.717) is 0 Å². The van der Waals surface area contributed by atoms with Crippen LogP contribution >= 0.6 is 0 Å². The third-order valence-electron chi connectivity index (χ3n) is 7.94. The van der Waals surface area contributed by atoms with E-state index in [1.54, 1.807) is 0 Å². The molecule has 0 saturated heterocycles. The van der Waals surface area contributed by atoms with E-state index in [-0.39, 0.29) is 0 Å². The number of fused-ring (bicyclic) bond motifs is 4. The summed E-state index contributed by atoms with van der Waals surface area (Å²) in [6.07, 6.45) is 3.77. The van der Waals surface area contributed by atoms with E-state index in [4.69, 9.17) is 0 Å². The second-order valence-electron chi connectivity index (χ2n) is 11.5. The van der Waals surface area contributed by atoms with Crippen molar-refractivity contribution in [3.63, 3.8) is 0 Å². The Morgan fingerprint density at radius 3 is 1.14 bits per heavy atom. The average Bonchev–Trinajstić information content (AvgIpc) is 3.06. The van der Waals surface area contributed by atoms with E-state index in [1.165, 1.54) is 22.3 Å². The minimum absolute atomic E-state index is 0.853. The molecule has 4 N–H and O–H groups in total. The first-order valence-electron chi connectivity index (χ1n) is 16.0. The van der Waals surface area contributed by atoms with Crippen LogP contribution in [0, 0.1) is 0 Å². The summed E-state index contributed by atoms with van der Waals surface area (Å²) in [7, 11) is 0. The molecule has 232 valence electrons. The van der Waals surface area contributed by atoms with Gasteiger partial charge in [-0.05, 0) is 46.5 Å².